The number of hydrogen-bond acceptors (Lipinski definition) is 1. The van der Waals surface area contributed by atoms with Crippen molar-refractivity contribution >= 4 is 22.5 Å². The van der Waals surface area contributed by atoms with Crippen LogP contribution in [0.5, 0.6) is 0 Å². The highest BCUT2D eigenvalue weighted by Crippen LogP contribution is 2.24. The molecule has 1 aromatic carbocycles. The lowest BCUT2D eigenvalue weighted by molar-refractivity contribution is 0.278. The number of fused-ring (bicyclic) bond motifs is 1. The molecule has 0 bridgehead atoms. The fraction of sp³-hybridized carbons (Fsp3) is 0.467. The summed E-state index contributed by atoms with van der Waals surface area (Å²) in [6.45, 7) is 3.53. The maximum atomic E-state index is 6.01. The van der Waals surface area contributed by atoms with Crippen molar-refractivity contribution in [1.29, 1.82) is 0 Å². The van der Waals surface area contributed by atoms with Gasteiger partial charge < -0.3 is 4.98 Å². The summed E-state index contributed by atoms with van der Waals surface area (Å²) in [7, 11) is 0. The van der Waals surface area contributed by atoms with E-state index < -0.39 is 0 Å². The van der Waals surface area contributed by atoms with Gasteiger partial charge in [-0.15, -0.1) is 0 Å². The minimum absolute atomic E-state index is 0.797. The molecule has 2 heterocycles. The Bertz CT molecular complexity index is 524. The van der Waals surface area contributed by atoms with Gasteiger partial charge in [-0.25, -0.2) is 0 Å². The van der Waals surface area contributed by atoms with Crippen LogP contribution >= 0.6 is 11.6 Å². The number of halogens is 1. The molecular weight excluding hydrogens is 244 g/mol. The van der Waals surface area contributed by atoms with E-state index in [1.54, 1.807) is 0 Å². The molecule has 1 N–H and O–H groups in total. The summed E-state index contributed by atoms with van der Waals surface area (Å²) in [6.07, 6.45) is 7.59. The molecule has 2 nitrogen and oxygen atoms in total. The van der Waals surface area contributed by atoms with E-state index in [0.717, 1.165) is 17.1 Å². The van der Waals surface area contributed by atoms with Crippen molar-refractivity contribution in [2.24, 2.45) is 0 Å². The predicted molar refractivity (Wildman–Crippen MR) is 77.1 cm³/mol. The number of nitrogens with one attached hydrogen (secondary N) is 1. The monoisotopic (exact) mass is 262 g/mol. The quantitative estimate of drug-likeness (QED) is 0.860. The summed E-state index contributed by atoms with van der Waals surface area (Å²) >= 11 is 6.01. The van der Waals surface area contributed by atoms with Gasteiger partial charge in [-0.1, -0.05) is 30.5 Å². The fourth-order valence-electron chi connectivity index (χ4n) is 2.82. The standard InChI is InChI=1S/C15H19ClN2/c16-13-5-6-14-12(10-17-15(14)9-13)11-18-7-3-1-2-4-8-18/h5-6,9-10,17H,1-4,7-8,11H2. The minimum Gasteiger partial charge on any atom is -0.361 e. The summed E-state index contributed by atoms with van der Waals surface area (Å²) in [5, 5.41) is 2.11. The van der Waals surface area contributed by atoms with Gasteiger partial charge in [0.1, 0.15) is 0 Å². The summed E-state index contributed by atoms with van der Waals surface area (Å²) < 4.78 is 0. The second-order valence-electron chi connectivity index (χ2n) is 5.19. The number of aromatic nitrogens is 1. The Morgan fingerprint density at radius 2 is 1.89 bits per heavy atom. The Labute approximate surface area is 113 Å². The molecular formula is C15H19ClN2. The highest BCUT2D eigenvalue weighted by Gasteiger charge is 2.12. The van der Waals surface area contributed by atoms with Crippen LogP contribution in [0.2, 0.25) is 5.02 Å². The van der Waals surface area contributed by atoms with Gasteiger partial charge in [0.2, 0.25) is 0 Å². The van der Waals surface area contributed by atoms with E-state index in [2.05, 4.69) is 22.1 Å². The maximum absolute atomic E-state index is 6.01. The Hall–Kier alpha value is -0.990. The van der Waals surface area contributed by atoms with Gasteiger partial charge in [0.05, 0.1) is 0 Å². The van der Waals surface area contributed by atoms with Crippen molar-refractivity contribution in [2.75, 3.05) is 13.1 Å². The Kier molecular flexibility index (Phi) is 3.57. The van der Waals surface area contributed by atoms with Crippen LogP contribution in [0.1, 0.15) is 31.2 Å². The molecule has 0 radical (unpaired) electrons. The Morgan fingerprint density at radius 1 is 1.11 bits per heavy atom. The number of likely N-dealkylation sites (tertiary alicyclic amines) is 1. The minimum atomic E-state index is 0.797. The first-order valence-corrected chi connectivity index (χ1v) is 7.18. The summed E-state index contributed by atoms with van der Waals surface area (Å²) in [4.78, 5) is 5.90. The second-order valence-corrected chi connectivity index (χ2v) is 5.63. The first kappa shape index (κ1) is 12.1. The van der Waals surface area contributed by atoms with Crippen LogP contribution in [0.4, 0.5) is 0 Å². The maximum Gasteiger partial charge on any atom is 0.0472 e. The molecule has 0 unspecified atom stereocenters. The highest BCUT2D eigenvalue weighted by molar-refractivity contribution is 6.31. The molecule has 96 valence electrons. The Morgan fingerprint density at radius 3 is 2.67 bits per heavy atom. The molecule has 1 saturated heterocycles. The van der Waals surface area contributed by atoms with Crippen molar-refractivity contribution in [1.82, 2.24) is 9.88 Å². The molecule has 1 aromatic heterocycles. The SMILES string of the molecule is Clc1ccc2c(CN3CCCCCC3)c[nH]c2c1. The topological polar surface area (TPSA) is 19.0 Å². The zero-order valence-electron chi connectivity index (χ0n) is 10.6. The van der Waals surface area contributed by atoms with Gasteiger partial charge in [0, 0.05) is 28.7 Å². The van der Waals surface area contributed by atoms with Crippen LogP contribution in [-0.2, 0) is 6.54 Å². The zero-order chi connectivity index (χ0) is 12.4. The third-order valence-corrected chi connectivity index (χ3v) is 4.06. The number of aromatic amines is 1. The molecule has 1 aliphatic rings. The van der Waals surface area contributed by atoms with Crippen molar-refractivity contribution in [3.8, 4) is 0 Å². The normalized spacial score (nSPS) is 18.1. The molecule has 18 heavy (non-hydrogen) atoms. The molecule has 0 amide bonds. The average molecular weight is 263 g/mol. The largest absolute Gasteiger partial charge is 0.361 e. The van der Waals surface area contributed by atoms with Crippen LogP contribution in [0, 0.1) is 0 Å². The molecule has 2 aromatic rings. The van der Waals surface area contributed by atoms with E-state index in [1.807, 2.05) is 12.1 Å². The lowest BCUT2D eigenvalue weighted by Crippen LogP contribution is -2.23. The third kappa shape index (κ3) is 2.55. The number of rotatable bonds is 2. The highest BCUT2D eigenvalue weighted by atomic mass is 35.5. The van der Waals surface area contributed by atoms with Gasteiger partial charge in [0.25, 0.3) is 0 Å². The number of nitrogens with zero attached hydrogens (tertiary/aromatic N) is 1. The van der Waals surface area contributed by atoms with E-state index >= 15 is 0 Å². The van der Waals surface area contributed by atoms with Crippen LogP contribution < -0.4 is 0 Å². The molecule has 0 atom stereocenters. The van der Waals surface area contributed by atoms with E-state index in [9.17, 15) is 0 Å². The van der Waals surface area contributed by atoms with Crippen LogP contribution in [0.15, 0.2) is 24.4 Å². The summed E-state index contributed by atoms with van der Waals surface area (Å²) in [5.41, 5.74) is 2.54. The predicted octanol–water partition coefficient (Wildman–Crippen LogP) is 4.20. The number of hydrogen-bond donors (Lipinski definition) is 1. The molecule has 3 rings (SSSR count). The second kappa shape index (κ2) is 5.33. The van der Waals surface area contributed by atoms with Gasteiger partial charge in [-0.05, 0) is 43.6 Å². The Balaban J connectivity index is 1.81. The van der Waals surface area contributed by atoms with Gasteiger partial charge in [-0.3, -0.25) is 4.90 Å². The average Bonchev–Trinajstić information content (AvgIpc) is 2.59. The lowest BCUT2D eigenvalue weighted by Gasteiger charge is -2.19. The first-order valence-electron chi connectivity index (χ1n) is 6.81. The molecule has 0 saturated carbocycles. The van der Waals surface area contributed by atoms with Crippen LogP contribution in [-0.4, -0.2) is 23.0 Å². The molecule has 1 fully saturated rings. The summed E-state index contributed by atoms with van der Waals surface area (Å²) in [6, 6.07) is 6.10. The van der Waals surface area contributed by atoms with Gasteiger partial charge >= 0.3 is 0 Å². The number of benzene rings is 1. The van der Waals surface area contributed by atoms with E-state index in [-0.39, 0.29) is 0 Å². The molecule has 0 spiro atoms. The number of H-pyrrole nitrogens is 1. The smallest absolute Gasteiger partial charge is 0.0472 e. The van der Waals surface area contributed by atoms with E-state index in [1.165, 1.54) is 49.7 Å². The van der Waals surface area contributed by atoms with E-state index in [0.29, 0.717) is 0 Å². The lowest BCUT2D eigenvalue weighted by atomic mass is 10.1. The fourth-order valence-corrected chi connectivity index (χ4v) is 3.00. The van der Waals surface area contributed by atoms with Crippen molar-refractivity contribution < 1.29 is 0 Å². The molecule has 1 aliphatic heterocycles. The third-order valence-electron chi connectivity index (χ3n) is 3.82. The molecule has 3 heteroatoms. The van der Waals surface area contributed by atoms with Crippen molar-refractivity contribution in [2.45, 2.75) is 32.2 Å². The zero-order valence-corrected chi connectivity index (χ0v) is 11.3. The van der Waals surface area contributed by atoms with Crippen molar-refractivity contribution in [3.63, 3.8) is 0 Å². The van der Waals surface area contributed by atoms with Crippen LogP contribution in [0.25, 0.3) is 10.9 Å². The van der Waals surface area contributed by atoms with Gasteiger partial charge in [-0.2, -0.15) is 0 Å². The van der Waals surface area contributed by atoms with Gasteiger partial charge in [0.15, 0.2) is 0 Å². The van der Waals surface area contributed by atoms with E-state index in [4.69, 9.17) is 11.6 Å². The van der Waals surface area contributed by atoms with Crippen LogP contribution in [0.3, 0.4) is 0 Å². The van der Waals surface area contributed by atoms with Crippen molar-refractivity contribution in [3.05, 3.63) is 35.0 Å². The molecule has 0 aliphatic carbocycles. The first-order chi connectivity index (χ1) is 8.83. The summed E-state index contributed by atoms with van der Waals surface area (Å²) in [5.74, 6) is 0.